The lowest BCUT2D eigenvalue weighted by Crippen LogP contribution is -2.50. The van der Waals surface area contributed by atoms with Crippen LogP contribution >= 0.6 is 0 Å². The zero-order valence-electron chi connectivity index (χ0n) is 13.9. The second kappa shape index (κ2) is 8.20. The highest BCUT2D eigenvalue weighted by Crippen LogP contribution is 2.16. The van der Waals surface area contributed by atoms with E-state index in [2.05, 4.69) is 9.82 Å². The van der Waals surface area contributed by atoms with E-state index in [4.69, 9.17) is 9.47 Å². The van der Waals surface area contributed by atoms with Crippen LogP contribution in [0.2, 0.25) is 0 Å². The molecular weight excluding hydrogens is 320 g/mol. The molecule has 1 N–H and O–H groups in total. The first-order valence-electron chi connectivity index (χ1n) is 7.81. The molecule has 0 amide bonds. The molecule has 132 valence electrons. The zero-order valence-corrected chi connectivity index (χ0v) is 14.8. The molecule has 2 atom stereocenters. The first-order chi connectivity index (χ1) is 10.9. The van der Waals surface area contributed by atoms with Crippen LogP contribution in [-0.2, 0) is 26.0 Å². The van der Waals surface area contributed by atoms with Gasteiger partial charge < -0.3 is 14.4 Å². The van der Waals surface area contributed by atoms with Crippen LogP contribution in [0.15, 0.2) is 17.3 Å². The van der Waals surface area contributed by atoms with Gasteiger partial charge in [0.05, 0.1) is 31.6 Å². The van der Waals surface area contributed by atoms with Crippen LogP contribution in [-0.4, -0.2) is 75.7 Å². The molecule has 23 heavy (non-hydrogen) atoms. The Bertz CT molecular complexity index is 587. The normalized spacial score (nSPS) is 22.6. The summed E-state index contributed by atoms with van der Waals surface area (Å²) in [5, 5.41) is 4.02. The van der Waals surface area contributed by atoms with E-state index in [0.717, 1.165) is 6.54 Å². The third-order valence-electron chi connectivity index (χ3n) is 3.72. The number of aryl methyl sites for hydroxylation is 1. The summed E-state index contributed by atoms with van der Waals surface area (Å²) in [6, 6.07) is -0.291. The number of hydrogen-bond donors (Lipinski definition) is 1. The van der Waals surface area contributed by atoms with Crippen molar-refractivity contribution in [2.45, 2.75) is 36.9 Å². The van der Waals surface area contributed by atoms with E-state index in [1.165, 1.54) is 12.4 Å². The predicted molar refractivity (Wildman–Crippen MR) is 85.7 cm³/mol. The Hall–Kier alpha value is -1.00. The molecule has 1 fully saturated rings. The zero-order chi connectivity index (χ0) is 16.9. The lowest BCUT2D eigenvalue weighted by molar-refractivity contribution is -0.0665. The Morgan fingerprint density at radius 2 is 2.30 bits per heavy atom. The molecule has 1 aromatic heterocycles. The number of rotatable bonds is 8. The van der Waals surface area contributed by atoms with Crippen LogP contribution in [0.4, 0.5) is 0 Å². The lowest BCUT2D eigenvalue weighted by Gasteiger charge is -2.32. The monoisotopic (exact) mass is 346 g/mol. The van der Waals surface area contributed by atoms with E-state index in [9.17, 15) is 8.42 Å². The Kier molecular flexibility index (Phi) is 6.54. The Morgan fingerprint density at radius 3 is 2.96 bits per heavy atom. The van der Waals surface area contributed by atoms with Gasteiger partial charge in [-0.05, 0) is 27.4 Å². The summed E-state index contributed by atoms with van der Waals surface area (Å²) in [4.78, 5) is 2.19. The molecule has 0 aromatic carbocycles. The number of ether oxygens (including phenoxy) is 2. The highest BCUT2D eigenvalue weighted by atomic mass is 32.2. The number of sulfonamides is 1. The van der Waals surface area contributed by atoms with Crippen molar-refractivity contribution >= 4 is 10.0 Å². The van der Waals surface area contributed by atoms with Crippen molar-refractivity contribution in [3.63, 3.8) is 0 Å². The van der Waals surface area contributed by atoms with Gasteiger partial charge >= 0.3 is 0 Å². The van der Waals surface area contributed by atoms with E-state index in [-0.39, 0.29) is 17.0 Å². The van der Waals surface area contributed by atoms with Crippen molar-refractivity contribution in [1.82, 2.24) is 19.4 Å². The second-order valence-corrected chi connectivity index (χ2v) is 7.55. The van der Waals surface area contributed by atoms with Crippen LogP contribution in [0.25, 0.3) is 0 Å². The first kappa shape index (κ1) is 18.3. The molecule has 1 aliphatic heterocycles. The number of aromatic nitrogens is 2. The number of hydrogen-bond acceptors (Lipinski definition) is 6. The SMILES string of the molecule is CCn1cc(S(=O)(=O)N[C@@H]2CCOC[C@H]2OCCN(C)C)cn1. The molecule has 0 radical (unpaired) electrons. The van der Waals surface area contributed by atoms with Crippen molar-refractivity contribution in [1.29, 1.82) is 0 Å². The summed E-state index contributed by atoms with van der Waals surface area (Å²) in [6.45, 7) is 4.77. The summed E-state index contributed by atoms with van der Waals surface area (Å²) in [5.74, 6) is 0. The first-order valence-corrected chi connectivity index (χ1v) is 9.29. The Morgan fingerprint density at radius 1 is 1.52 bits per heavy atom. The topological polar surface area (TPSA) is 85.7 Å². The van der Waals surface area contributed by atoms with E-state index in [1.807, 2.05) is 25.9 Å². The van der Waals surface area contributed by atoms with Crippen molar-refractivity contribution in [2.75, 3.05) is 40.5 Å². The third kappa shape index (κ3) is 5.25. The number of nitrogens with zero attached hydrogens (tertiary/aromatic N) is 3. The Balaban J connectivity index is 1.99. The maximum Gasteiger partial charge on any atom is 0.244 e. The fourth-order valence-corrected chi connectivity index (χ4v) is 3.57. The average Bonchev–Trinajstić information content (AvgIpc) is 2.98. The van der Waals surface area contributed by atoms with Gasteiger partial charge in [0.2, 0.25) is 10.0 Å². The molecule has 0 aliphatic carbocycles. The molecule has 2 rings (SSSR count). The molecule has 9 heteroatoms. The molecule has 0 saturated carbocycles. The van der Waals surface area contributed by atoms with E-state index < -0.39 is 10.0 Å². The van der Waals surface area contributed by atoms with Gasteiger partial charge in [-0.25, -0.2) is 13.1 Å². The predicted octanol–water partition coefficient (Wildman–Crippen LogP) is -0.0830. The van der Waals surface area contributed by atoms with E-state index in [0.29, 0.717) is 32.8 Å². The van der Waals surface area contributed by atoms with Crippen LogP contribution < -0.4 is 4.72 Å². The summed E-state index contributed by atoms with van der Waals surface area (Å²) < 4.78 is 40.5. The maximum atomic E-state index is 12.5. The molecule has 2 heterocycles. The maximum absolute atomic E-state index is 12.5. The minimum Gasteiger partial charge on any atom is -0.379 e. The molecule has 0 spiro atoms. The smallest absolute Gasteiger partial charge is 0.244 e. The summed E-state index contributed by atoms with van der Waals surface area (Å²) in [6.07, 6.45) is 3.21. The van der Waals surface area contributed by atoms with Crippen molar-refractivity contribution in [3.8, 4) is 0 Å². The fourth-order valence-electron chi connectivity index (χ4n) is 2.32. The van der Waals surface area contributed by atoms with Gasteiger partial charge in [-0.1, -0.05) is 0 Å². The highest BCUT2D eigenvalue weighted by molar-refractivity contribution is 7.89. The fraction of sp³-hybridized carbons (Fsp3) is 0.786. The quantitative estimate of drug-likeness (QED) is 0.708. The van der Waals surface area contributed by atoms with Gasteiger partial charge in [-0.3, -0.25) is 4.68 Å². The van der Waals surface area contributed by atoms with Gasteiger partial charge in [0.15, 0.2) is 0 Å². The summed E-state index contributed by atoms with van der Waals surface area (Å²) >= 11 is 0. The van der Waals surface area contributed by atoms with Crippen molar-refractivity contribution < 1.29 is 17.9 Å². The third-order valence-corrected chi connectivity index (χ3v) is 5.17. The van der Waals surface area contributed by atoms with Crippen LogP contribution in [0.3, 0.4) is 0 Å². The number of nitrogens with one attached hydrogen (secondary N) is 1. The van der Waals surface area contributed by atoms with Gasteiger partial charge in [0.25, 0.3) is 0 Å². The standard InChI is InChI=1S/C14H26N4O4S/c1-4-18-10-12(9-15-18)23(19,20)16-13-5-7-21-11-14(13)22-8-6-17(2)3/h9-10,13-14,16H,4-8,11H2,1-3H3/t13-,14-/m1/s1. The van der Waals surface area contributed by atoms with Crippen molar-refractivity contribution in [3.05, 3.63) is 12.4 Å². The second-order valence-electron chi connectivity index (χ2n) is 5.84. The Labute approximate surface area is 137 Å². The average molecular weight is 346 g/mol. The largest absolute Gasteiger partial charge is 0.379 e. The summed E-state index contributed by atoms with van der Waals surface area (Å²) in [7, 11) is 0.326. The molecule has 8 nitrogen and oxygen atoms in total. The van der Waals surface area contributed by atoms with Gasteiger partial charge in [0, 0.05) is 25.9 Å². The molecule has 0 bridgehead atoms. The highest BCUT2D eigenvalue weighted by Gasteiger charge is 2.31. The van der Waals surface area contributed by atoms with E-state index >= 15 is 0 Å². The van der Waals surface area contributed by atoms with E-state index in [1.54, 1.807) is 4.68 Å². The molecule has 1 aliphatic rings. The minimum atomic E-state index is -3.60. The minimum absolute atomic E-state index is 0.179. The molecule has 1 aromatic rings. The number of likely N-dealkylation sites (N-methyl/N-ethyl adjacent to an activating group) is 1. The summed E-state index contributed by atoms with van der Waals surface area (Å²) in [5.41, 5.74) is 0. The molecular formula is C14H26N4O4S. The van der Waals surface area contributed by atoms with Crippen LogP contribution in [0.1, 0.15) is 13.3 Å². The molecule has 0 unspecified atom stereocenters. The lowest BCUT2D eigenvalue weighted by atomic mass is 10.1. The van der Waals surface area contributed by atoms with Crippen LogP contribution in [0, 0.1) is 0 Å². The van der Waals surface area contributed by atoms with Gasteiger partial charge in [0.1, 0.15) is 4.90 Å². The van der Waals surface area contributed by atoms with Crippen molar-refractivity contribution in [2.24, 2.45) is 0 Å². The van der Waals surface area contributed by atoms with Crippen LogP contribution in [0.5, 0.6) is 0 Å². The van der Waals surface area contributed by atoms with Gasteiger partial charge in [-0.2, -0.15) is 5.10 Å². The van der Waals surface area contributed by atoms with Gasteiger partial charge in [-0.15, -0.1) is 0 Å². The molecule has 1 saturated heterocycles.